The summed E-state index contributed by atoms with van der Waals surface area (Å²) in [4.78, 5) is 14.8. The minimum absolute atomic E-state index is 0.240. The molecule has 0 saturated heterocycles. The van der Waals surface area contributed by atoms with Crippen molar-refractivity contribution in [1.82, 2.24) is 24.9 Å². The van der Waals surface area contributed by atoms with Crippen molar-refractivity contribution in [1.29, 1.82) is 0 Å². The molecule has 3 aromatic rings. The van der Waals surface area contributed by atoms with Crippen LogP contribution >= 0.6 is 11.6 Å². The van der Waals surface area contributed by atoms with Gasteiger partial charge in [-0.1, -0.05) is 36.6 Å². The average molecular weight is 426 g/mol. The quantitative estimate of drug-likeness (QED) is 0.624. The van der Waals surface area contributed by atoms with E-state index in [2.05, 4.69) is 15.3 Å². The van der Waals surface area contributed by atoms with Gasteiger partial charge in [-0.2, -0.15) is 5.10 Å². The molecule has 0 N–H and O–H groups in total. The Labute approximate surface area is 180 Å². The number of carbonyl (C=O) groups excluding carboxylic acids is 1. The fourth-order valence-electron chi connectivity index (χ4n) is 4.63. The Kier molecular flexibility index (Phi) is 5.06. The number of hydrogen-bond acceptors (Lipinski definition) is 5. The fraction of sp³-hybridized carbons (Fsp3) is 0.455. The molecule has 30 heavy (non-hydrogen) atoms. The maximum Gasteiger partial charge on any atom is 0.268 e. The molecule has 1 aromatic carbocycles. The number of aryl methyl sites for hydroxylation is 1. The second kappa shape index (κ2) is 7.87. The Balaban J connectivity index is 1.41. The van der Waals surface area contributed by atoms with Crippen LogP contribution in [0.15, 0.2) is 28.7 Å². The second-order valence-corrected chi connectivity index (χ2v) is 8.62. The molecule has 0 atom stereocenters. The smallest absolute Gasteiger partial charge is 0.268 e. The summed E-state index contributed by atoms with van der Waals surface area (Å²) in [6.45, 7) is 1.26. The lowest BCUT2D eigenvalue weighted by molar-refractivity contribution is -0.133. The molecule has 0 bridgehead atoms. The highest BCUT2D eigenvalue weighted by Gasteiger charge is 2.30. The largest absolute Gasteiger partial charge is 0.414 e. The van der Waals surface area contributed by atoms with E-state index in [9.17, 15) is 4.79 Å². The van der Waals surface area contributed by atoms with Gasteiger partial charge in [-0.3, -0.25) is 9.48 Å². The molecule has 0 unspecified atom stereocenters. The van der Waals surface area contributed by atoms with Gasteiger partial charge in [0.1, 0.15) is 0 Å². The summed E-state index contributed by atoms with van der Waals surface area (Å²) in [7, 11) is 1.92. The van der Waals surface area contributed by atoms with Gasteiger partial charge < -0.3 is 9.32 Å². The molecule has 7 nitrogen and oxygen atoms in total. The Morgan fingerprint density at radius 1 is 1.20 bits per heavy atom. The maximum absolute atomic E-state index is 12.9. The normalized spacial score (nSPS) is 16.8. The number of fused-ring (bicyclic) bond motifs is 1. The summed E-state index contributed by atoms with van der Waals surface area (Å²) in [6.07, 6.45) is 6.29. The van der Waals surface area contributed by atoms with E-state index in [4.69, 9.17) is 16.0 Å². The average Bonchev–Trinajstić information content (AvgIpc) is 3.49. The van der Waals surface area contributed by atoms with Crippen LogP contribution in [0, 0.1) is 5.92 Å². The van der Waals surface area contributed by atoms with E-state index in [0.717, 1.165) is 24.2 Å². The fourth-order valence-corrected chi connectivity index (χ4v) is 4.85. The highest BCUT2D eigenvalue weighted by Crippen LogP contribution is 2.34. The lowest BCUT2D eigenvalue weighted by atomic mass is 10.0. The van der Waals surface area contributed by atoms with E-state index in [1.165, 1.54) is 25.7 Å². The number of benzene rings is 1. The SMILES string of the molecule is Cn1nc(-c2nnc(-c3ccccc3Cl)o2)c2c1CCN(C(=O)CC1CCCC1)C2. The molecule has 1 aliphatic carbocycles. The number of nitrogens with zero attached hydrogens (tertiary/aromatic N) is 5. The molecule has 2 aromatic heterocycles. The molecule has 1 fully saturated rings. The summed E-state index contributed by atoms with van der Waals surface area (Å²) in [5.74, 6) is 1.50. The van der Waals surface area contributed by atoms with Crippen molar-refractivity contribution < 1.29 is 9.21 Å². The van der Waals surface area contributed by atoms with Crippen LogP contribution in [0.5, 0.6) is 0 Å². The summed E-state index contributed by atoms with van der Waals surface area (Å²) >= 11 is 6.27. The van der Waals surface area contributed by atoms with Crippen LogP contribution in [-0.4, -0.2) is 37.3 Å². The van der Waals surface area contributed by atoms with Crippen LogP contribution in [0.25, 0.3) is 23.0 Å². The monoisotopic (exact) mass is 425 g/mol. The molecular weight excluding hydrogens is 402 g/mol. The van der Waals surface area contributed by atoms with Crippen molar-refractivity contribution in [2.75, 3.05) is 6.54 Å². The van der Waals surface area contributed by atoms with Gasteiger partial charge in [0.05, 0.1) is 10.6 Å². The third-order valence-corrected chi connectivity index (χ3v) is 6.59. The van der Waals surface area contributed by atoms with Crippen LogP contribution in [0.3, 0.4) is 0 Å². The van der Waals surface area contributed by atoms with Crippen LogP contribution in [0.1, 0.15) is 43.4 Å². The first-order valence-corrected chi connectivity index (χ1v) is 10.9. The van der Waals surface area contributed by atoms with E-state index >= 15 is 0 Å². The molecular formula is C22H24ClN5O2. The molecule has 1 amide bonds. The van der Waals surface area contributed by atoms with Crippen molar-refractivity contribution in [2.45, 2.75) is 45.1 Å². The molecule has 1 saturated carbocycles. The third-order valence-electron chi connectivity index (χ3n) is 6.26. The van der Waals surface area contributed by atoms with Gasteiger partial charge in [-0.25, -0.2) is 0 Å². The van der Waals surface area contributed by atoms with Gasteiger partial charge in [-0.15, -0.1) is 10.2 Å². The summed E-state index contributed by atoms with van der Waals surface area (Å²) in [6, 6.07) is 7.37. The highest BCUT2D eigenvalue weighted by atomic mass is 35.5. The van der Waals surface area contributed by atoms with Crippen LogP contribution < -0.4 is 0 Å². The van der Waals surface area contributed by atoms with Crippen molar-refractivity contribution in [2.24, 2.45) is 13.0 Å². The van der Waals surface area contributed by atoms with E-state index < -0.39 is 0 Å². The van der Waals surface area contributed by atoms with Crippen molar-refractivity contribution in [3.8, 4) is 23.0 Å². The minimum Gasteiger partial charge on any atom is -0.414 e. The van der Waals surface area contributed by atoms with Gasteiger partial charge in [0, 0.05) is 44.2 Å². The number of rotatable bonds is 4. The van der Waals surface area contributed by atoms with Crippen molar-refractivity contribution in [3.05, 3.63) is 40.5 Å². The molecule has 0 spiro atoms. The van der Waals surface area contributed by atoms with Crippen LogP contribution in [0.2, 0.25) is 5.02 Å². The molecule has 2 aliphatic rings. The van der Waals surface area contributed by atoms with Gasteiger partial charge in [0.25, 0.3) is 5.89 Å². The number of amides is 1. The zero-order chi connectivity index (χ0) is 20.7. The zero-order valence-electron chi connectivity index (χ0n) is 17.0. The van der Waals surface area contributed by atoms with Crippen molar-refractivity contribution in [3.63, 3.8) is 0 Å². The predicted octanol–water partition coefficient (Wildman–Crippen LogP) is 4.26. The Bertz CT molecular complexity index is 1080. The van der Waals surface area contributed by atoms with E-state index in [1.807, 2.05) is 34.8 Å². The lowest BCUT2D eigenvalue weighted by Crippen LogP contribution is -2.37. The van der Waals surface area contributed by atoms with E-state index in [1.54, 1.807) is 6.07 Å². The molecule has 8 heteroatoms. The number of aromatic nitrogens is 4. The predicted molar refractivity (Wildman–Crippen MR) is 113 cm³/mol. The molecule has 1 aliphatic heterocycles. The first-order valence-electron chi connectivity index (χ1n) is 10.5. The zero-order valence-corrected chi connectivity index (χ0v) is 17.7. The van der Waals surface area contributed by atoms with Gasteiger partial charge >= 0.3 is 0 Å². The Morgan fingerprint density at radius 3 is 2.77 bits per heavy atom. The molecule has 3 heterocycles. The molecule has 0 radical (unpaired) electrons. The molecule has 156 valence electrons. The number of hydrogen-bond donors (Lipinski definition) is 0. The van der Waals surface area contributed by atoms with Crippen LogP contribution in [-0.2, 0) is 24.8 Å². The number of halogens is 1. The Morgan fingerprint density at radius 2 is 1.97 bits per heavy atom. The van der Waals surface area contributed by atoms with Gasteiger partial charge in [-0.05, 0) is 30.9 Å². The standard InChI is InChI=1S/C22H24ClN5O2/c1-27-18-10-11-28(19(29)12-14-6-2-3-7-14)13-16(18)20(26-27)22-25-24-21(30-22)15-8-4-5-9-17(15)23/h4-5,8-9,14H,2-3,6-7,10-13H2,1H3. The maximum atomic E-state index is 12.9. The minimum atomic E-state index is 0.240. The van der Waals surface area contributed by atoms with Crippen LogP contribution in [0.4, 0.5) is 0 Å². The summed E-state index contributed by atoms with van der Waals surface area (Å²) in [5, 5.41) is 13.6. The summed E-state index contributed by atoms with van der Waals surface area (Å²) < 4.78 is 7.80. The first kappa shape index (κ1) is 19.3. The topological polar surface area (TPSA) is 77.1 Å². The first-order chi connectivity index (χ1) is 14.6. The van der Waals surface area contributed by atoms with E-state index in [0.29, 0.717) is 46.9 Å². The third kappa shape index (κ3) is 3.51. The van der Waals surface area contributed by atoms with Crippen molar-refractivity contribution >= 4 is 17.5 Å². The van der Waals surface area contributed by atoms with Gasteiger partial charge in [0.2, 0.25) is 11.8 Å². The van der Waals surface area contributed by atoms with E-state index in [-0.39, 0.29) is 5.91 Å². The highest BCUT2D eigenvalue weighted by molar-refractivity contribution is 6.33. The molecule has 5 rings (SSSR count). The second-order valence-electron chi connectivity index (χ2n) is 8.21. The Hall–Kier alpha value is -2.67. The lowest BCUT2D eigenvalue weighted by Gasteiger charge is -2.28. The van der Waals surface area contributed by atoms with Gasteiger partial charge in [0.15, 0.2) is 5.69 Å². The number of carbonyl (C=O) groups is 1. The summed E-state index contributed by atoms with van der Waals surface area (Å²) in [5.41, 5.74) is 3.46.